The van der Waals surface area contributed by atoms with E-state index in [1.165, 1.54) is 31.2 Å². The van der Waals surface area contributed by atoms with Crippen LogP contribution in [-0.4, -0.2) is 37.5 Å². The van der Waals surface area contributed by atoms with Gasteiger partial charge in [0.2, 0.25) is 0 Å². The Hall–Kier alpha value is -3.11. The maximum atomic E-state index is 13.0. The van der Waals surface area contributed by atoms with Gasteiger partial charge in [-0.3, -0.25) is 4.79 Å². The predicted molar refractivity (Wildman–Crippen MR) is 107 cm³/mol. The van der Waals surface area contributed by atoms with Crippen LogP contribution in [0.1, 0.15) is 40.9 Å². The van der Waals surface area contributed by atoms with E-state index in [2.05, 4.69) is 5.32 Å². The number of amides is 1. The molecule has 2 aromatic rings. The maximum Gasteiger partial charge on any atom is 0.430 e. The monoisotopic (exact) mass is 508 g/mol. The Kier molecular flexibility index (Phi) is 7.69. The van der Waals surface area contributed by atoms with Gasteiger partial charge in [-0.2, -0.15) is 31.6 Å². The van der Waals surface area contributed by atoms with Crippen molar-refractivity contribution in [2.24, 2.45) is 0 Å². The molecule has 2 aromatic carbocycles. The molecule has 1 amide bonds. The van der Waals surface area contributed by atoms with E-state index in [4.69, 9.17) is 5.26 Å². The summed E-state index contributed by atoms with van der Waals surface area (Å²) in [4.78, 5) is 12.5. The minimum absolute atomic E-state index is 0.0261. The molecule has 1 atom stereocenters. The molecule has 0 aromatic heterocycles. The number of nitrogens with zero attached hydrogens (tertiary/aromatic N) is 1. The number of hydrogen-bond acceptors (Lipinski definition) is 5. The highest BCUT2D eigenvalue weighted by molar-refractivity contribution is 7.91. The summed E-state index contributed by atoms with van der Waals surface area (Å²) >= 11 is 0. The number of sulfone groups is 1. The zero-order valence-corrected chi connectivity index (χ0v) is 18.2. The molecule has 0 bridgehead atoms. The van der Waals surface area contributed by atoms with Crippen molar-refractivity contribution in [2.75, 3.05) is 5.75 Å². The van der Waals surface area contributed by atoms with Crippen molar-refractivity contribution in [1.82, 2.24) is 5.32 Å². The van der Waals surface area contributed by atoms with Gasteiger partial charge in [-0.25, -0.2) is 8.42 Å². The molecule has 0 heterocycles. The summed E-state index contributed by atoms with van der Waals surface area (Å²) < 4.78 is 102. The largest absolute Gasteiger partial charge is 0.430 e. The van der Waals surface area contributed by atoms with Crippen molar-refractivity contribution in [1.29, 1.82) is 5.26 Å². The van der Waals surface area contributed by atoms with Gasteiger partial charge in [-0.1, -0.05) is 31.2 Å². The number of carbonyl (C=O) groups excluding carboxylic acids is 1. The lowest BCUT2D eigenvalue weighted by molar-refractivity contribution is -0.376. The molecule has 34 heavy (non-hydrogen) atoms. The zero-order chi connectivity index (χ0) is 25.9. The molecule has 0 aliphatic rings. The molecule has 2 rings (SSSR count). The molecule has 184 valence electrons. The summed E-state index contributed by atoms with van der Waals surface area (Å²) in [7, 11) is -3.49. The number of aliphatic hydroxyl groups is 1. The van der Waals surface area contributed by atoms with Gasteiger partial charge in [-0.15, -0.1) is 0 Å². The topological polar surface area (TPSA) is 107 Å². The molecular weight excluding hydrogens is 490 g/mol. The van der Waals surface area contributed by atoms with E-state index in [0.717, 1.165) is 0 Å². The van der Waals surface area contributed by atoms with Crippen molar-refractivity contribution in [3.8, 4) is 6.07 Å². The molecular formula is C21H18F6N2O4S. The number of benzene rings is 2. The van der Waals surface area contributed by atoms with Gasteiger partial charge < -0.3 is 10.4 Å². The maximum absolute atomic E-state index is 13.0. The zero-order valence-electron chi connectivity index (χ0n) is 17.4. The van der Waals surface area contributed by atoms with Crippen LogP contribution in [0.25, 0.3) is 0 Å². The Balaban J connectivity index is 2.30. The minimum Gasteiger partial charge on any atom is -0.369 e. The van der Waals surface area contributed by atoms with Crippen LogP contribution in [0.4, 0.5) is 26.3 Å². The third-order valence-electron chi connectivity index (χ3n) is 5.01. The second kappa shape index (κ2) is 9.63. The standard InChI is InChI=1S/C21H18F6N2O4S/c1-2-34(32,33)16-9-5-13(6-10-16)17(11-12-28)29-18(30)14-3-7-15(8-4-14)19(31,20(22,23)24)21(25,26)27/h3-10,17,31H,2,11H2,1H3,(H,29,30)/t17-/m1/s1. The van der Waals surface area contributed by atoms with Crippen LogP contribution in [0.3, 0.4) is 0 Å². The molecule has 0 radical (unpaired) electrons. The first kappa shape index (κ1) is 27.1. The van der Waals surface area contributed by atoms with E-state index in [0.29, 0.717) is 29.8 Å². The first-order valence-corrected chi connectivity index (χ1v) is 11.2. The molecule has 0 saturated heterocycles. The fraction of sp³-hybridized carbons (Fsp3) is 0.333. The fourth-order valence-corrected chi connectivity index (χ4v) is 3.89. The predicted octanol–water partition coefficient (Wildman–Crippen LogP) is 4.18. The molecule has 13 heteroatoms. The molecule has 0 aliphatic carbocycles. The van der Waals surface area contributed by atoms with Crippen LogP contribution in [0.15, 0.2) is 53.4 Å². The summed E-state index contributed by atoms with van der Waals surface area (Å²) in [5.41, 5.74) is -6.63. The van der Waals surface area contributed by atoms with Crippen molar-refractivity contribution in [3.05, 3.63) is 65.2 Å². The van der Waals surface area contributed by atoms with Crippen molar-refractivity contribution in [3.63, 3.8) is 0 Å². The molecule has 0 spiro atoms. The van der Waals surface area contributed by atoms with Crippen LogP contribution < -0.4 is 5.32 Å². The summed E-state index contributed by atoms with van der Waals surface area (Å²) in [6.45, 7) is 1.46. The lowest BCUT2D eigenvalue weighted by Crippen LogP contribution is -2.53. The van der Waals surface area contributed by atoms with E-state index < -0.39 is 45.3 Å². The van der Waals surface area contributed by atoms with Crippen LogP contribution in [-0.2, 0) is 15.4 Å². The van der Waals surface area contributed by atoms with Crippen LogP contribution >= 0.6 is 0 Å². The van der Waals surface area contributed by atoms with Crippen LogP contribution in [0, 0.1) is 11.3 Å². The van der Waals surface area contributed by atoms with E-state index in [9.17, 15) is 44.7 Å². The lowest BCUT2D eigenvalue weighted by Gasteiger charge is -2.32. The third kappa shape index (κ3) is 5.34. The highest BCUT2D eigenvalue weighted by Gasteiger charge is 2.71. The van der Waals surface area contributed by atoms with E-state index >= 15 is 0 Å². The van der Waals surface area contributed by atoms with Crippen LogP contribution in [0.5, 0.6) is 0 Å². The van der Waals surface area contributed by atoms with Crippen LogP contribution in [0.2, 0.25) is 0 Å². The lowest BCUT2D eigenvalue weighted by atomic mass is 9.91. The minimum atomic E-state index is -6.07. The summed E-state index contributed by atoms with van der Waals surface area (Å²) in [5.74, 6) is -1.06. The Morgan fingerprint density at radius 2 is 1.50 bits per heavy atom. The highest BCUT2D eigenvalue weighted by Crippen LogP contribution is 2.49. The number of hydrogen-bond donors (Lipinski definition) is 2. The highest BCUT2D eigenvalue weighted by atomic mass is 32.2. The molecule has 0 fully saturated rings. The molecule has 0 saturated carbocycles. The third-order valence-corrected chi connectivity index (χ3v) is 6.76. The van der Waals surface area contributed by atoms with Gasteiger partial charge in [0.05, 0.1) is 29.2 Å². The average molecular weight is 508 g/mol. The first-order chi connectivity index (χ1) is 15.6. The molecule has 0 unspecified atom stereocenters. The van der Waals surface area contributed by atoms with Gasteiger partial charge in [0.15, 0.2) is 9.84 Å². The van der Waals surface area contributed by atoms with Gasteiger partial charge in [0.25, 0.3) is 11.5 Å². The smallest absolute Gasteiger partial charge is 0.369 e. The van der Waals surface area contributed by atoms with Gasteiger partial charge in [0, 0.05) is 11.1 Å². The molecule has 6 nitrogen and oxygen atoms in total. The van der Waals surface area contributed by atoms with Crippen molar-refractivity contribution in [2.45, 2.75) is 42.2 Å². The molecule has 0 aliphatic heterocycles. The van der Waals surface area contributed by atoms with Crippen molar-refractivity contribution < 1.29 is 44.7 Å². The summed E-state index contributed by atoms with van der Waals surface area (Å²) in [6.07, 6.45) is -12.4. The number of nitriles is 1. The van der Waals surface area contributed by atoms with E-state index in [1.54, 1.807) is 0 Å². The fourth-order valence-electron chi connectivity index (χ4n) is 3.01. The number of rotatable bonds is 7. The Bertz CT molecular complexity index is 1150. The average Bonchev–Trinajstić information content (AvgIpc) is 2.76. The summed E-state index contributed by atoms with van der Waals surface area (Å²) in [6, 6.07) is 8.22. The first-order valence-electron chi connectivity index (χ1n) is 9.55. The van der Waals surface area contributed by atoms with Gasteiger partial charge in [0.1, 0.15) is 0 Å². The Labute approximate surface area is 190 Å². The van der Waals surface area contributed by atoms with Gasteiger partial charge in [-0.05, 0) is 29.8 Å². The van der Waals surface area contributed by atoms with E-state index in [-0.39, 0.29) is 22.6 Å². The number of halogens is 6. The van der Waals surface area contributed by atoms with E-state index in [1.807, 2.05) is 6.07 Å². The number of carbonyl (C=O) groups is 1. The molecule has 2 N–H and O–H groups in total. The second-order valence-electron chi connectivity index (χ2n) is 7.14. The SMILES string of the molecule is CCS(=O)(=O)c1ccc([C@@H](CC#N)NC(=O)c2ccc(C(O)(C(F)(F)F)C(F)(F)F)cc2)cc1. The van der Waals surface area contributed by atoms with Gasteiger partial charge >= 0.3 is 12.4 Å². The number of nitrogens with one attached hydrogen (secondary N) is 1. The quantitative estimate of drug-likeness (QED) is 0.546. The second-order valence-corrected chi connectivity index (χ2v) is 9.42. The van der Waals surface area contributed by atoms with Crippen molar-refractivity contribution >= 4 is 15.7 Å². The number of alkyl halides is 6. The Morgan fingerprint density at radius 3 is 1.91 bits per heavy atom. The normalized spacial score (nSPS) is 13.7. The summed E-state index contributed by atoms with van der Waals surface area (Å²) in [5, 5.41) is 20.9. The Morgan fingerprint density at radius 1 is 1.00 bits per heavy atom.